The van der Waals surface area contributed by atoms with E-state index in [2.05, 4.69) is 29.6 Å². The van der Waals surface area contributed by atoms with Gasteiger partial charge in [-0.15, -0.1) is 0 Å². The van der Waals surface area contributed by atoms with Crippen LogP contribution in [0.3, 0.4) is 0 Å². The van der Waals surface area contributed by atoms with E-state index in [1.54, 1.807) is 0 Å². The average molecular weight is 274 g/mol. The molecule has 1 aromatic carbocycles. The van der Waals surface area contributed by atoms with Crippen LogP contribution in [0.4, 0.5) is 0 Å². The average Bonchev–Trinajstić information content (AvgIpc) is 3.30. The molecule has 0 unspecified atom stereocenters. The molecule has 0 heterocycles. The lowest BCUT2D eigenvalue weighted by Crippen LogP contribution is -2.47. The van der Waals surface area contributed by atoms with Crippen molar-refractivity contribution in [3.63, 3.8) is 0 Å². The summed E-state index contributed by atoms with van der Waals surface area (Å²) in [5, 5.41) is 3.16. The maximum atomic E-state index is 12.5. The van der Waals surface area contributed by atoms with Gasteiger partial charge in [-0.25, -0.2) is 0 Å². The van der Waals surface area contributed by atoms with Gasteiger partial charge in [-0.2, -0.15) is 0 Å². The van der Waals surface area contributed by atoms with E-state index in [-0.39, 0.29) is 11.3 Å². The van der Waals surface area contributed by atoms with Crippen LogP contribution in [0.1, 0.15) is 45.1 Å². The zero-order chi connectivity index (χ0) is 14.6. The van der Waals surface area contributed by atoms with Crippen molar-refractivity contribution in [2.75, 3.05) is 13.1 Å². The largest absolute Gasteiger partial charge is 0.355 e. The molecule has 3 heteroatoms. The third-order valence-electron chi connectivity index (χ3n) is 5.05. The quantitative estimate of drug-likeness (QED) is 0.803. The van der Waals surface area contributed by atoms with Crippen LogP contribution in [-0.2, 0) is 10.2 Å². The SMILES string of the molecule is CCC(CC)(CN)C(=O)NCC1(c2ccccc2)CC1. The number of hydrogen-bond donors (Lipinski definition) is 2. The van der Waals surface area contributed by atoms with Gasteiger partial charge in [0.15, 0.2) is 0 Å². The van der Waals surface area contributed by atoms with E-state index in [1.807, 2.05) is 19.9 Å². The van der Waals surface area contributed by atoms with Crippen molar-refractivity contribution in [3.8, 4) is 0 Å². The summed E-state index contributed by atoms with van der Waals surface area (Å²) in [6.45, 7) is 5.24. The summed E-state index contributed by atoms with van der Waals surface area (Å²) in [6.07, 6.45) is 3.91. The van der Waals surface area contributed by atoms with Crippen LogP contribution in [0.25, 0.3) is 0 Å². The summed E-state index contributed by atoms with van der Waals surface area (Å²) in [7, 11) is 0. The molecule has 3 nitrogen and oxygen atoms in total. The first kappa shape index (κ1) is 15.0. The van der Waals surface area contributed by atoms with Gasteiger partial charge in [0, 0.05) is 18.5 Å². The van der Waals surface area contributed by atoms with Crippen molar-refractivity contribution < 1.29 is 4.79 Å². The van der Waals surface area contributed by atoms with Crippen molar-refractivity contribution >= 4 is 5.91 Å². The molecule has 20 heavy (non-hydrogen) atoms. The summed E-state index contributed by atoms with van der Waals surface area (Å²) in [5.74, 6) is 0.118. The zero-order valence-corrected chi connectivity index (χ0v) is 12.6. The predicted octanol–water partition coefficient (Wildman–Crippen LogP) is 2.60. The highest BCUT2D eigenvalue weighted by Crippen LogP contribution is 2.47. The molecular formula is C17H26N2O. The molecule has 0 aromatic heterocycles. The van der Waals surface area contributed by atoms with Gasteiger partial charge in [0.25, 0.3) is 0 Å². The number of benzene rings is 1. The first-order valence-corrected chi connectivity index (χ1v) is 7.66. The van der Waals surface area contributed by atoms with Crippen LogP contribution in [0.2, 0.25) is 0 Å². The van der Waals surface area contributed by atoms with Crippen LogP contribution in [0.15, 0.2) is 30.3 Å². The van der Waals surface area contributed by atoms with Gasteiger partial charge in [0.05, 0.1) is 5.41 Å². The van der Waals surface area contributed by atoms with E-state index in [0.29, 0.717) is 6.54 Å². The summed E-state index contributed by atoms with van der Waals surface area (Å²) in [4.78, 5) is 12.5. The lowest BCUT2D eigenvalue weighted by Gasteiger charge is -2.29. The number of carbonyl (C=O) groups is 1. The molecule has 1 saturated carbocycles. The Kier molecular flexibility index (Phi) is 4.48. The van der Waals surface area contributed by atoms with Crippen molar-refractivity contribution in [2.24, 2.45) is 11.1 Å². The minimum absolute atomic E-state index is 0.118. The Morgan fingerprint density at radius 2 is 1.85 bits per heavy atom. The molecule has 1 fully saturated rings. The van der Waals surface area contributed by atoms with Gasteiger partial charge in [-0.3, -0.25) is 4.79 Å². The smallest absolute Gasteiger partial charge is 0.227 e. The molecule has 2 rings (SSSR count). The molecule has 0 radical (unpaired) electrons. The van der Waals surface area contributed by atoms with Crippen molar-refractivity contribution in [2.45, 2.75) is 44.9 Å². The summed E-state index contributed by atoms with van der Waals surface area (Å²) in [5.41, 5.74) is 6.94. The van der Waals surface area contributed by atoms with E-state index in [9.17, 15) is 4.79 Å². The molecular weight excluding hydrogens is 248 g/mol. The van der Waals surface area contributed by atoms with Gasteiger partial charge >= 0.3 is 0 Å². The molecule has 1 aromatic rings. The first-order chi connectivity index (χ1) is 9.62. The number of carbonyl (C=O) groups excluding carboxylic acids is 1. The van der Waals surface area contributed by atoms with Crippen LogP contribution in [-0.4, -0.2) is 19.0 Å². The molecule has 0 saturated heterocycles. The second kappa shape index (κ2) is 5.96. The summed E-state index contributed by atoms with van der Waals surface area (Å²) >= 11 is 0. The molecule has 110 valence electrons. The monoisotopic (exact) mass is 274 g/mol. The number of rotatable bonds is 7. The van der Waals surface area contributed by atoms with Gasteiger partial charge in [0.2, 0.25) is 5.91 Å². The van der Waals surface area contributed by atoms with Crippen molar-refractivity contribution in [3.05, 3.63) is 35.9 Å². The normalized spacial score (nSPS) is 16.8. The Balaban J connectivity index is 2.01. The Morgan fingerprint density at radius 3 is 2.30 bits per heavy atom. The fourth-order valence-electron chi connectivity index (χ4n) is 2.90. The van der Waals surface area contributed by atoms with Crippen LogP contribution < -0.4 is 11.1 Å². The highest BCUT2D eigenvalue weighted by molar-refractivity contribution is 5.83. The molecule has 0 bridgehead atoms. The molecule has 1 amide bonds. The van der Waals surface area contributed by atoms with E-state index in [0.717, 1.165) is 32.2 Å². The first-order valence-electron chi connectivity index (χ1n) is 7.66. The molecule has 1 aliphatic rings. The number of nitrogens with two attached hydrogens (primary N) is 1. The number of amides is 1. The summed E-state index contributed by atoms with van der Waals surface area (Å²) in [6, 6.07) is 10.5. The van der Waals surface area contributed by atoms with Crippen molar-refractivity contribution in [1.29, 1.82) is 0 Å². The summed E-state index contributed by atoms with van der Waals surface area (Å²) < 4.78 is 0. The Labute approximate surface area is 121 Å². The molecule has 1 aliphatic carbocycles. The zero-order valence-electron chi connectivity index (χ0n) is 12.6. The molecule has 0 aliphatic heterocycles. The third kappa shape index (κ3) is 2.73. The minimum Gasteiger partial charge on any atom is -0.355 e. The Morgan fingerprint density at radius 1 is 1.25 bits per heavy atom. The lowest BCUT2D eigenvalue weighted by molar-refractivity contribution is -0.131. The lowest BCUT2D eigenvalue weighted by atomic mass is 9.81. The van der Waals surface area contributed by atoms with Crippen LogP contribution in [0.5, 0.6) is 0 Å². The second-order valence-electron chi connectivity index (χ2n) is 6.02. The molecule has 3 N–H and O–H groups in total. The van der Waals surface area contributed by atoms with Gasteiger partial charge in [0.1, 0.15) is 0 Å². The number of hydrogen-bond acceptors (Lipinski definition) is 2. The standard InChI is InChI=1S/C17H26N2O/c1-3-16(4-2,12-18)15(20)19-13-17(10-11-17)14-8-6-5-7-9-14/h5-9H,3-4,10-13,18H2,1-2H3,(H,19,20). The maximum absolute atomic E-state index is 12.5. The predicted molar refractivity (Wildman–Crippen MR) is 82.4 cm³/mol. The minimum atomic E-state index is -0.396. The second-order valence-corrected chi connectivity index (χ2v) is 6.02. The van der Waals surface area contributed by atoms with Crippen LogP contribution in [0, 0.1) is 5.41 Å². The molecule has 0 atom stereocenters. The van der Waals surface area contributed by atoms with Gasteiger partial charge in [-0.05, 0) is 31.2 Å². The third-order valence-corrected chi connectivity index (χ3v) is 5.05. The molecule has 0 spiro atoms. The fourth-order valence-corrected chi connectivity index (χ4v) is 2.90. The highest BCUT2D eigenvalue weighted by Gasteiger charge is 2.45. The topological polar surface area (TPSA) is 55.1 Å². The van der Waals surface area contributed by atoms with E-state index < -0.39 is 5.41 Å². The van der Waals surface area contributed by atoms with E-state index in [4.69, 9.17) is 5.73 Å². The number of nitrogens with one attached hydrogen (secondary N) is 1. The van der Waals surface area contributed by atoms with Crippen LogP contribution >= 0.6 is 0 Å². The van der Waals surface area contributed by atoms with E-state index >= 15 is 0 Å². The highest BCUT2D eigenvalue weighted by atomic mass is 16.2. The van der Waals surface area contributed by atoms with Crippen molar-refractivity contribution in [1.82, 2.24) is 5.32 Å². The van der Waals surface area contributed by atoms with Gasteiger partial charge < -0.3 is 11.1 Å². The van der Waals surface area contributed by atoms with E-state index in [1.165, 1.54) is 5.56 Å². The Hall–Kier alpha value is -1.35. The fraction of sp³-hybridized carbons (Fsp3) is 0.588. The maximum Gasteiger partial charge on any atom is 0.227 e. The Bertz CT molecular complexity index is 439. The van der Waals surface area contributed by atoms with Gasteiger partial charge in [-0.1, -0.05) is 44.2 Å².